The number of carbonyl (C=O) groups is 1. The van der Waals surface area contributed by atoms with Crippen LogP contribution in [0.2, 0.25) is 0 Å². The van der Waals surface area contributed by atoms with Crippen LogP contribution >= 0.6 is 7.60 Å². The van der Waals surface area contributed by atoms with Crippen molar-refractivity contribution in [3.63, 3.8) is 0 Å². The summed E-state index contributed by atoms with van der Waals surface area (Å²) >= 11 is 0. The van der Waals surface area contributed by atoms with E-state index < -0.39 is 19.2 Å². The zero-order valence-electron chi connectivity index (χ0n) is 8.15. The van der Waals surface area contributed by atoms with Crippen LogP contribution in [0.15, 0.2) is 0 Å². The molecular formula is C7H16NO4P. The molecule has 0 aromatic heterocycles. The molecule has 0 radical (unpaired) electrons. The van der Waals surface area contributed by atoms with Gasteiger partial charge in [0.15, 0.2) is 0 Å². The van der Waals surface area contributed by atoms with Crippen LogP contribution in [-0.4, -0.2) is 24.8 Å². The highest BCUT2D eigenvalue weighted by Gasteiger charge is 2.35. The molecule has 0 saturated heterocycles. The maximum Gasteiger partial charge on any atom is 0.342 e. The Hall–Kier alpha value is -0.380. The molecule has 13 heavy (non-hydrogen) atoms. The van der Waals surface area contributed by atoms with E-state index in [9.17, 15) is 9.36 Å². The minimum Gasteiger partial charge on any atom is -0.369 e. The van der Waals surface area contributed by atoms with Gasteiger partial charge in [-0.25, -0.2) is 0 Å². The second kappa shape index (κ2) is 5.37. The molecular weight excluding hydrogens is 193 g/mol. The van der Waals surface area contributed by atoms with Gasteiger partial charge < -0.3 is 14.8 Å². The Bertz CT molecular complexity index is 209. The van der Waals surface area contributed by atoms with Gasteiger partial charge in [-0.3, -0.25) is 9.36 Å². The van der Waals surface area contributed by atoms with E-state index in [0.29, 0.717) is 0 Å². The summed E-state index contributed by atoms with van der Waals surface area (Å²) in [6.07, 6.45) is 0. The first kappa shape index (κ1) is 12.6. The molecule has 5 nitrogen and oxygen atoms in total. The molecule has 0 saturated carbocycles. The van der Waals surface area contributed by atoms with E-state index in [-0.39, 0.29) is 13.2 Å². The van der Waals surface area contributed by atoms with Crippen LogP contribution in [0.25, 0.3) is 0 Å². The largest absolute Gasteiger partial charge is 0.369 e. The topological polar surface area (TPSA) is 78.6 Å². The third kappa shape index (κ3) is 3.46. The third-order valence-corrected chi connectivity index (χ3v) is 3.94. The normalized spacial score (nSPS) is 14.1. The lowest BCUT2D eigenvalue weighted by molar-refractivity contribution is -0.117. The Balaban J connectivity index is 4.57. The fourth-order valence-electron chi connectivity index (χ4n) is 0.777. The highest BCUT2D eigenvalue weighted by molar-refractivity contribution is 7.55. The zero-order valence-corrected chi connectivity index (χ0v) is 9.04. The summed E-state index contributed by atoms with van der Waals surface area (Å²) in [5, 5.41) is 0. The van der Waals surface area contributed by atoms with E-state index >= 15 is 0 Å². The number of nitrogens with two attached hydrogens (primary N) is 1. The van der Waals surface area contributed by atoms with E-state index in [2.05, 4.69) is 0 Å². The van der Waals surface area contributed by atoms with E-state index in [0.717, 1.165) is 0 Å². The van der Waals surface area contributed by atoms with Crippen molar-refractivity contribution in [3.8, 4) is 0 Å². The minimum absolute atomic E-state index is 0.231. The molecule has 78 valence electrons. The maximum absolute atomic E-state index is 11.8. The van der Waals surface area contributed by atoms with E-state index in [4.69, 9.17) is 14.8 Å². The van der Waals surface area contributed by atoms with Gasteiger partial charge in [0.2, 0.25) is 5.91 Å². The van der Waals surface area contributed by atoms with Gasteiger partial charge in [0.05, 0.1) is 13.2 Å². The summed E-state index contributed by atoms with van der Waals surface area (Å²) in [5.41, 5.74) is 4.12. The number of carbonyl (C=O) groups excluding carboxylic acids is 1. The van der Waals surface area contributed by atoms with E-state index in [1.54, 1.807) is 13.8 Å². The highest BCUT2D eigenvalue weighted by Crippen LogP contribution is 2.52. The molecule has 1 amide bonds. The number of hydrogen-bond donors (Lipinski definition) is 1. The Morgan fingerprint density at radius 1 is 1.38 bits per heavy atom. The van der Waals surface area contributed by atoms with Crippen LogP contribution in [0.1, 0.15) is 20.8 Å². The van der Waals surface area contributed by atoms with Gasteiger partial charge in [0.25, 0.3) is 0 Å². The van der Waals surface area contributed by atoms with Crippen molar-refractivity contribution >= 4 is 13.5 Å². The maximum atomic E-state index is 11.8. The van der Waals surface area contributed by atoms with Gasteiger partial charge in [-0.1, -0.05) is 0 Å². The molecule has 0 aliphatic heterocycles. The highest BCUT2D eigenvalue weighted by atomic mass is 31.2. The van der Waals surface area contributed by atoms with E-state index in [1.165, 1.54) is 6.92 Å². The molecule has 0 aliphatic rings. The Kier molecular flexibility index (Phi) is 5.21. The lowest BCUT2D eigenvalue weighted by Gasteiger charge is -2.20. The van der Waals surface area contributed by atoms with Crippen molar-refractivity contribution in [1.82, 2.24) is 0 Å². The molecule has 0 bridgehead atoms. The zero-order chi connectivity index (χ0) is 10.5. The van der Waals surface area contributed by atoms with Crippen LogP contribution in [0.3, 0.4) is 0 Å². The first-order valence-electron chi connectivity index (χ1n) is 4.16. The van der Waals surface area contributed by atoms with Gasteiger partial charge in [-0.05, 0) is 20.8 Å². The molecule has 0 aromatic carbocycles. The smallest absolute Gasteiger partial charge is 0.342 e. The summed E-state index contributed by atoms with van der Waals surface area (Å²) in [5.74, 6) is -0.676. The SMILES string of the molecule is CCOP(=O)(OCC)C(C)C(N)=O. The molecule has 0 aliphatic carbocycles. The van der Waals surface area contributed by atoms with E-state index in [1.807, 2.05) is 0 Å². The molecule has 0 aromatic rings. The van der Waals surface area contributed by atoms with Crippen molar-refractivity contribution in [2.45, 2.75) is 26.4 Å². The summed E-state index contributed by atoms with van der Waals surface area (Å²) in [4.78, 5) is 10.8. The average molecular weight is 209 g/mol. The summed E-state index contributed by atoms with van der Waals surface area (Å²) in [6.45, 7) is 5.26. The van der Waals surface area contributed by atoms with Gasteiger partial charge in [-0.15, -0.1) is 0 Å². The second-order valence-electron chi connectivity index (χ2n) is 2.45. The van der Waals surface area contributed by atoms with Gasteiger partial charge >= 0.3 is 7.60 Å². The summed E-state index contributed by atoms with van der Waals surface area (Å²) in [6, 6.07) is 0. The van der Waals surface area contributed by atoms with Gasteiger partial charge in [-0.2, -0.15) is 0 Å². The Morgan fingerprint density at radius 2 is 1.77 bits per heavy atom. The summed E-state index contributed by atoms with van der Waals surface area (Å²) in [7, 11) is -3.34. The number of amides is 1. The first-order valence-corrected chi connectivity index (χ1v) is 5.77. The fraction of sp³-hybridized carbons (Fsp3) is 0.857. The molecule has 0 heterocycles. The molecule has 0 rings (SSSR count). The summed E-state index contributed by atoms with van der Waals surface area (Å²) < 4.78 is 21.7. The number of rotatable bonds is 6. The van der Waals surface area contributed by atoms with Crippen LogP contribution in [0.5, 0.6) is 0 Å². The Labute approximate surface area is 78.1 Å². The van der Waals surface area contributed by atoms with Crippen molar-refractivity contribution in [1.29, 1.82) is 0 Å². The lowest BCUT2D eigenvalue weighted by atomic mass is 10.5. The molecule has 0 fully saturated rings. The number of primary amides is 1. The van der Waals surface area contributed by atoms with Crippen LogP contribution in [0, 0.1) is 0 Å². The van der Waals surface area contributed by atoms with Crippen molar-refractivity contribution < 1.29 is 18.4 Å². The lowest BCUT2D eigenvalue weighted by Crippen LogP contribution is -2.27. The molecule has 6 heteroatoms. The molecule has 0 spiro atoms. The van der Waals surface area contributed by atoms with Crippen molar-refractivity contribution in [2.24, 2.45) is 5.73 Å². The van der Waals surface area contributed by atoms with Gasteiger partial charge in [0.1, 0.15) is 5.66 Å². The first-order chi connectivity index (χ1) is 5.98. The minimum atomic E-state index is -3.34. The average Bonchev–Trinajstić information content (AvgIpc) is 2.03. The number of hydrogen-bond acceptors (Lipinski definition) is 4. The van der Waals surface area contributed by atoms with Crippen LogP contribution in [0.4, 0.5) is 0 Å². The van der Waals surface area contributed by atoms with Crippen LogP contribution in [-0.2, 0) is 18.4 Å². The van der Waals surface area contributed by atoms with Crippen molar-refractivity contribution in [2.75, 3.05) is 13.2 Å². The predicted octanol–water partition coefficient (Wildman–Crippen LogP) is 1.13. The predicted molar refractivity (Wildman–Crippen MR) is 49.5 cm³/mol. The molecule has 2 N–H and O–H groups in total. The quantitative estimate of drug-likeness (QED) is 0.665. The van der Waals surface area contributed by atoms with Crippen molar-refractivity contribution in [3.05, 3.63) is 0 Å². The monoisotopic (exact) mass is 209 g/mol. The molecule has 1 unspecified atom stereocenters. The third-order valence-electron chi connectivity index (χ3n) is 1.50. The standard InChI is InChI=1S/C7H16NO4P/c1-4-11-13(10,12-5-2)6(3)7(8)9/h6H,4-5H2,1-3H3,(H2,8,9). The Morgan fingerprint density at radius 3 is 2.00 bits per heavy atom. The fourth-order valence-corrected chi connectivity index (χ4v) is 2.33. The second-order valence-corrected chi connectivity index (χ2v) is 4.82. The van der Waals surface area contributed by atoms with Crippen LogP contribution < -0.4 is 5.73 Å². The molecule has 1 atom stereocenters. The van der Waals surface area contributed by atoms with Gasteiger partial charge in [0, 0.05) is 0 Å².